The minimum Gasteiger partial charge on any atom is -0.356 e. The fourth-order valence-electron chi connectivity index (χ4n) is 2.64. The summed E-state index contributed by atoms with van der Waals surface area (Å²) in [6.07, 6.45) is 5.11. The number of hydrogen-bond donors (Lipinski definition) is 1. The van der Waals surface area contributed by atoms with Crippen molar-refractivity contribution in [1.29, 1.82) is 0 Å². The Bertz CT molecular complexity index is 695. The topological polar surface area (TPSA) is 53.4 Å². The average Bonchev–Trinajstić information content (AvgIpc) is 2.57. The van der Waals surface area contributed by atoms with Gasteiger partial charge in [-0.25, -0.2) is 14.4 Å². The van der Waals surface area contributed by atoms with Crippen molar-refractivity contribution in [2.24, 2.45) is 5.10 Å². The van der Waals surface area contributed by atoms with E-state index >= 15 is 0 Å². The van der Waals surface area contributed by atoms with Crippen molar-refractivity contribution in [3.63, 3.8) is 0 Å². The molecule has 6 heteroatoms. The van der Waals surface area contributed by atoms with E-state index in [9.17, 15) is 4.39 Å². The van der Waals surface area contributed by atoms with Crippen molar-refractivity contribution in [2.75, 3.05) is 23.4 Å². The lowest BCUT2D eigenvalue weighted by molar-refractivity contribution is 0.572. The molecule has 120 valence electrons. The van der Waals surface area contributed by atoms with Crippen molar-refractivity contribution in [2.45, 2.75) is 26.2 Å². The van der Waals surface area contributed by atoms with Crippen LogP contribution in [0.15, 0.2) is 35.4 Å². The van der Waals surface area contributed by atoms with Gasteiger partial charge in [0.1, 0.15) is 17.5 Å². The van der Waals surface area contributed by atoms with Gasteiger partial charge in [-0.1, -0.05) is 18.2 Å². The molecule has 2 heterocycles. The summed E-state index contributed by atoms with van der Waals surface area (Å²) in [5.41, 5.74) is 3.30. The molecule has 0 amide bonds. The molecule has 1 aromatic heterocycles. The number of nitrogens with one attached hydrogen (secondary N) is 1. The van der Waals surface area contributed by atoms with Crippen LogP contribution in [0.3, 0.4) is 0 Å². The predicted molar refractivity (Wildman–Crippen MR) is 90.4 cm³/mol. The second-order valence-corrected chi connectivity index (χ2v) is 5.60. The summed E-state index contributed by atoms with van der Waals surface area (Å²) in [5, 5.41) is 4.08. The molecule has 1 aliphatic rings. The first-order valence-corrected chi connectivity index (χ1v) is 7.86. The van der Waals surface area contributed by atoms with Gasteiger partial charge in [0.2, 0.25) is 0 Å². The Morgan fingerprint density at radius 3 is 2.74 bits per heavy atom. The maximum Gasteiger partial charge on any atom is 0.152 e. The number of hydrazone groups is 1. The predicted octanol–water partition coefficient (Wildman–Crippen LogP) is 3.36. The van der Waals surface area contributed by atoms with Gasteiger partial charge < -0.3 is 4.90 Å². The zero-order chi connectivity index (χ0) is 16.1. The Labute approximate surface area is 135 Å². The van der Waals surface area contributed by atoms with Crippen LogP contribution in [0, 0.1) is 12.7 Å². The third kappa shape index (κ3) is 4.03. The summed E-state index contributed by atoms with van der Waals surface area (Å²) in [7, 11) is 0. The Balaban J connectivity index is 1.72. The first-order chi connectivity index (χ1) is 11.2. The number of halogens is 1. The summed E-state index contributed by atoms with van der Waals surface area (Å²) in [5.74, 6) is 1.93. The van der Waals surface area contributed by atoms with E-state index in [1.807, 2.05) is 13.0 Å². The summed E-state index contributed by atoms with van der Waals surface area (Å²) in [6.45, 7) is 3.90. The molecule has 1 fully saturated rings. The molecule has 3 rings (SSSR count). The Hall–Kier alpha value is -2.50. The highest BCUT2D eigenvalue weighted by Gasteiger charge is 2.13. The lowest BCUT2D eigenvalue weighted by atomic mass is 10.1. The molecule has 0 radical (unpaired) electrons. The minimum atomic E-state index is -0.300. The van der Waals surface area contributed by atoms with Crippen LogP contribution in [0.25, 0.3) is 0 Å². The van der Waals surface area contributed by atoms with Crippen molar-refractivity contribution in [3.8, 4) is 0 Å². The van der Waals surface area contributed by atoms with Gasteiger partial charge in [0.15, 0.2) is 5.82 Å². The fraction of sp³-hybridized carbons (Fsp3) is 0.353. The smallest absolute Gasteiger partial charge is 0.152 e. The van der Waals surface area contributed by atoms with Crippen LogP contribution in [-0.4, -0.2) is 29.3 Å². The number of piperidine rings is 1. The summed E-state index contributed by atoms with van der Waals surface area (Å²) in [6, 6.07) is 8.39. The van der Waals surface area contributed by atoms with Gasteiger partial charge >= 0.3 is 0 Å². The van der Waals surface area contributed by atoms with E-state index in [-0.39, 0.29) is 5.82 Å². The van der Waals surface area contributed by atoms with E-state index in [1.165, 1.54) is 31.5 Å². The number of benzene rings is 1. The van der Waals surface area contributed by atoms with E-state index < -0.39 is 0 Å². The number of rotatable bonds is 4. The molecule has 0 unspecified atom stereocenters. The molecular weight excluding hydrogens is 293 g/mol. The van der Waals surface area contributed by atoms with E-state index in [1.54, 1.807) is 18.2 Å². The van der Waals surface area contributed by atoms with E-state index in [2.05, 4.69) is 25.4 Å². The molecule has 0 aliphatic carbocycles. The first-order valence-electron chi connectivity index (χ1n) is 7.86. The molecule has 1 aromatic carbocycles. The highest BCUT2D eigenvalue weighted by molar-refractivity contribution is 5.80. The molecule has 1 N–H and O–H groups in total. The van der Waals surface area contributed by atoms with Crippen LogP contribution in [0.4, 0.5) is 16.0 Å². The van der Waals surface area contributed by atoms with Gasteiger partial charge in [0, 0.05) is 24.7 Å². The molecule has 0 atom stereocenters. The van der Waals surface area contributed by atoms with Crippen LogP contribution < -0.4 is 10.3 Å². The van der Waals surface area contributed by atoms with Gasteiger partial charge in [-0.3, -0.25) is 5.43 Å². The normalized spacial score (nSPS) is 15.1. The van der Waals surface area contributed by atoms with Crippen LogP contribution >= 0.6 is 0 Å². The second kappa shape index (κ2) is 7.17. The second-order valence-electron chi connectivity index (χ2n) is 5.60. The van der Waals surface area contributed by atoms with E-state index in [4.69, 9.17) is 0 Å². The molecule has 0 saturated carbocycles. The van der Waals surface area contributed by atoms with Crippen molar-refractivity contribution >= 4 is 17.9 Å². The van der Waals surface area contributed by atoms with Crippen LogP contribution in [-0.2, 0) is 0 Å². The van der Waals surface area contributed by atoms with Gasteiger partial charge in [-0.15, -0.1) is 0 Å². The minimum absolute atomic E-state index is 0.300. The van der Waals surface area contributed by atoms with Gasteiger partial charge in [-0.2, -0.15) is 5.10 Å². The molecule has 5 nitrogen and oxygen atoms in total. The molecule has 1 aliphatic heterocycles. The van der Waals surface area contributed by atoms with Crippen LogP contribution in [0.5, 0.6) is 0 Å². The Morgan fingerprint density at radius 2 is 1.96 bits per heavy atom. The third-order valence-electron chi connectivity index (χ3n) is 3.79. The van der Waals surface area contributed by atoms with Crippen LogP contribution in [0.2, 0.25) is 0 Å². The zero-order valence-electron chi connectivity index (χ0n) is 13.2. The van der Waals surface area contributed by atoms with Gasteiger partial charge in [0.25, 0.3) is 0 Å². The Morgan fingerprint density at radius 1 is 1.17 bits per heavy atom. The van der Waals surface area contributed by atoms with E-state index in [0.717, 1.165) is 18.9 Å². The van der Waals surface area contributed by atoms with Crippen LogP contribution in [0.1, 0.15) is 30.7 Å². The first kappa shape index (κ1) is 15.4. The highest BCUT2D eigenvalue weighted by atomic mass is 19.1. The molecular formula is C17H20FN5. The van der Waals surface area contributed by atoms with Gasteiger partial charge in [0.05, 0.1) is 6.21 Å². The molecule has 1 saturated heterocycles. The standard InChI is InChI=1S/C17H20FN5/c1-13-20-16(11-17(21-13)23-9-5-2-6-10-23)22-19-12-14-7-3-4-8-15(14)18/h3-4,7-8,11-12H,2,5-6,9-10H2,1H3,(H,20,21,22)/b19-12+. The molecule has 0 bridgehead atoms. The largest absolute Gasteiger partial charge is 0.356 e. The molecule has 23 heavy (non-hydrogen) atoms. The number of anilines is 2. The van der Waals surface area contributed by atoms with Crippen molar-refractivity contribution in [3.05, 3.63) is 47.5 Å². The Kier molecular flexibility index (Phi) is 4.80. The van der Waals surface area contributed by atoms with Gasteiger partial charge in [-0.05, 0) is 32.3 Å². The van der Waals surface area contributed by atoms with E-state index in [0.29, 0.717) is 17.2 Å². The molecule has 2 aromatic rings. The summed E-state index contributed by atoms with van der Waals surface area (Å²) < 4.78 is 13.5. The maximum atomic E-state index is 13.5. The van der Waals surface area contributed by atoms with Crippen molar-refractivity contribution in [1.82, 2.24) is 9.97 Å². The number of hydrogen-bond acceptors (Lipinski definition) is 5. The lowest BCUT2D eigenvalue weighted by Gasteiger charge is -2.27. The highest BCUT2D eigenvalue weighted by Crippen LogP contribution is 2.20. The third-order valence-corrected chi connectivity index (χ3v) is 3.79. The number of aryl methyl sites for hydroxylation is 1. The van der Waals surface area contributed by atoms with Crippen molar-refractivity contribution < 1.29 is 4.39 Å². The zero-order valence-corrected chi connectivity index (χ0v) is 13.2. The fourth-order valence-corrected chi connectivity index (χ4v) is 2.64. The number of aromatic nitrogens is 2. The quantitative estimate of drug-likeness (QED) is 0.694. The SMILES string of the molecule is Cc1nc(N/N=C/c2ccccc2F)cc(N2CCCCC2)n1. The average molecular weight is 313 g/mol. The molecule has 0 spiro atoms. The summed E-state index contributed by atoms with van der Waals surface area (Å²) in [4.78, 5) is 11.1. The lowest BCUT2D eigenvalue weighted by Crippen LogP contribution is -2.30. The maximum absolute atomic E-state index is 13.5. The monoisotopic (exact) mass is 313 g/mol. The number of nitrogens with zero attached hydrogens (tertiary/aromatic N) is 4. The summed E-state index contributed by atoms with van der Waals surface area (Å²) >= 11 is 0.